The zero-order valence-electron chi connectivity index (χ0n) is 19.4. The van der Waals surface area contributed by atoms with E-state index in [0.717, 1.165) is 57.7 Å². The van der Waals surface area contributed by atoms with Crippen molar-refractivity contribution in [3.05, 3.63) is 29.8 Å². The van der Waals surface area contributed by atoms with Gasteiger partial charge in [0.2, 0.25) is 5.91 Å². The number of unbranched alkanes of at least 4 members (excludes halogenated alkanes) is 1. The largest absolute Gasteiger partial charge is 0.508 e. The molecule has 0 fully saturated rings. The minimum absolute atomic E-state index is 0.126. The lowest BCUT2D eigenvalue weighted by Gasteiger charge is -2.14. The zero-order chi connectivity index (χ0) is 24.0. The highest BCUT2D eigenvalue weighted by Gasteiger charge is 2.19. The molecule has 0 heterocycles. The van der Waals surface area contributed by atoms with Gasteiger partial charge in [-0.25, -0.2) is 4.79 Å². The van der Waals surface area contributed by atoms with Crippen LogP contribution in [0.25, 0.3) is 0 Å². The molecule has 0 saturated carbocycles. The average molecular weight is 454 g/mol. The molecule has 184 valence electrons. The van der Waals surface area contributed by atoms with E-state index in [2.05, 4.69) is 16.0 Å². The van der Waals surface area contributed by atoms with Gasteiger partial charge in [0.25, 0.3) is 0 Å². The molecule has 0 aliphatic rings. The Kier molecular flexibility index (Phi) is 19.3. The third-order valence-corrected chi connectivity index (χ3v) is 4.56. The second-order valence-corrected chi connectivity index (χ2v) is 7.57. The Bertz CT molecular complexity index is 587. The first kappa shape index (κ1) is 29.8. The molecule has 0 bridgehead atoms. The number of carboxylic acid groups (broad SMARTS) is 1. The molecule has 9 N–H and O–H groups in total. The van der Waals surface area contributed by atoms with E-state index in [1.807, 2.05) is 6.92 Å². The van der Waals surface area contributed by atoms with Crippen molar-refractivity contribution in [2.45, 2.75) is 57.9 Å². The maximum Gasteiger partial charge on any atom is 0.326 e. The molecular weight excluding hydrogens is 410 g/mol. The number of carbonyl (C=O) groups is 2. The number of rotatable bonds is 17. The van der Waals surface area contributed by atoms with Crippen LogP contribution in [0.5, 0.6) is 5.75 Å². The van der Waals surface area contributed by atoms with Crippen molar-refractivity contribution < 1.29 is 19.8 Å². The normalized spacial score (nSPS) is 11.3. The van der Waals surface area contributed by atoms with E-state index in [1.54, 1.807) is 12.1 Å². The Morgan fingerprint density at radius 1 is 0.906 bits per heavy atom. The van der Waals surface area contributed by atoms with E-state index in [9.17, 15) is 9.59 Å². The summed E-state index contributed by atoms with van der Waals surface area (Å²) < 4.78 is 0. The van der Waals surface area contributed by atoms with Crippen molar-refractivity contribution in [2.75, 3.05) is 39.3 Å². The van der Waals surface area contributed by atoms with Crippen LogP contribution in [-0.2, 0) is 16.0 Å². The Hall–Kier alpha value is -2.20. The number of nitrogens with two attached hydrogens (primary N) is 2. The summed E-state index contributed by atoms with van der Waals surface area (Å²) in [5.41, 5.74) is 11.5. The third-order valence-electron chi connectivity index (χ3n) is 4.56. The predicted molar refractivity (Wildman–Crippen MR) is 129 cm³/mol. The van der Waals surface area contributed by atoms with Crippen LogP contribution in [0.4, 0.5) is 0 Å². The lowest BCUT2D eigenvalue weighted by Crippen LogP contribution is -2.42. The number of amides is 1. The Morgan fingerprint density at radius 3 is 1.84 bits per heavy atom. The molecule has 0 aliphatic carbocycles. The van der Waals surface area contributed by atoms with Crippen LogP contribution in [-0.4, -0.2) is 67.4 Å². The SMILES string of the molecule is CCCC(=O)NC(Cc1ccc(O)cc1)C(=O)O.NCCCNCCCCNCCCN. The van der Waals surface area contributed by atoms with Gasteiger partial charge in [-0.2, -0.15) is 0 Å². The monoisotopic (exact) mass is 453 g/mol. The third kappa shape index (κ3) is 17.5. The summed E-state index contributed by atoms with van der Waals surface area (Å²) in [7, 11) is 0. The standard InChI is InChI=1S/C13H17NO4.C10H26N4/c1-2-3-12(16)14-11(13(17)18)8-9-4-6-10(15)7-5-9;11-5-3-9-13-7-1-2-8-14-10-4-6-12/h4-7,11,15H,2-3,8H2,1H3,(H,14,16)(H,17,18);13-14H,1-12H2. The van der Waals surface area contributed by atoms with Crippen molar-refractivity contribution in [3.8, 4) is 5.75 Å². The molecule has 0 aromatic heterocycles. The van der Waals surface area contributed by atoms with Gasteiger partial charge in [0.15, 0.2) is 0 Å². The first-order valence-corrected chi connectivity index (χ1v) is 11.6. The Balaban J connectivity index is 0.000000622. The minimum atomic E-state index is -1.06. The quantitative estimate of drug-likeness (QED) is 0.171. The van der Waals surface area contributed by atoms with Crippen LogP contribution >= 0.6 is 0 Å². The van der Waals surface area contributed by atoms with Crippen LogP contribution in [0.2, 0.25) is 0 Å². The molecule has 0 radical (unpaired) electrons. The van der Waals surface area contributed by atoms with Crippen molar-refractivity contribution in [2.24, 2.45) is 11.5 Å². The van der Waals surface area contributed by atoms with Gasteiger partial charge in [0.1, 0.15) is 11.8 Å². The van der Waals surface area contributed by atoms with Crippen molar-refractivity contribution in [3.63, 3.8) is 0 Å². The molecule has 1 aromatic rings. The second kappa shape index (κ2) is 20.7. The summed E-state index contributed by atoms with van der Waals surface area (Å²) in [6, 6.07) is 5.31. The van der Waals surface area contributed by atoms with E-state index >= 15 is 0 Å². The summed E-state index contributed by atoms with van der Waals surface area (Å²) in [6.45, 7) is 7.75. The summed E-state index contributed by atoms with van der Waals surface area (Å²) in [5.74, 6) is -1.20. The van der Waals surface area contributed by atoms with E-state index in [0.29, 0.717) is 12.8 Å². The van der Waals surface area contributed by atoms with Gasteiger partial charge in [-0.05, 0) is 89.1 Å². The second-order valence-electron chi connectivity index (χ2n) is 7.57. The highest BCUT2D eigenvalue weighted by atomic mass is 16.4. The van der Waals surface area contributed by atoms with E-state index in [-0.39, 0.29) is 18.1 Å². The number of nitrogens with one attached hydrogen (secondary N) is 3. The minimum Gasteiger partial charge on any atom is -0.508 e. The van der Waals surface area contributed by atoms with Crippen LogP contribution in [0, 0.1) is 0 Å². The fourth-order valence-electron chi connectivity index (χ4n) is 2.77. The summed E-state index contributed by atoms with van der Waals surface area (Å²) in [5, 5.41) is 27.4. The fourth-order valence-corrected chi connectivity index (χ4v) is 2.77. The summed E-state index contributed by atoms with van der Waals surface area (Å²) in [6.07, 6.45) is 5.83. The Morgan fingerprint density at radius 2 is 1.41 bits per heavy atom. The fraction of sp³-hybridized carbons (Fsp3) is 0.652. The zero-order valence-corrected chi connectivity index (χ0v) is 19.4. The van der Waals surface area contributed by atoms with Crippen molar-refractivity contribution in [1.29, 1.82) is 0 Å². The predicted octanol–water partition coefficient (Wildman–Crippen LogP) is 0.948. The van der Waals surface area contributed by atoms with E-state index < -0.39 is 12.0 Å². The number of phenolic OH excluding ortho intramolecular Hbond substituents is 1. The number of carboxylic acids is 1. The maximum absolute atomic E-state index is 11.4. The number of hydrogen-bond acceptors (Lipinski definition) is 7. The van der Waals surface area contributed by atoms with Gasteiger partial charge >= 0.3 is 5.97 Å². The van der Waals surface area contributed by atoms with Gasteiger partial charge in [0, 0.05) is 12.8 Å². The molecule has 0 spiro atoms. The number of hydrogen-bond donors (Lipinski definition) is 7. The highest BCUT2D eigenvalue weighted by molar-refractivity contribution is 5.83. The van der Waals surface area contributed by atoms with Crippen molar-refractivity contribution >= 4 is 11.9 Å². The molecular formula is C23H43N5O4. The lowest BCUT2D eigenvalue weighted by molar-refractivity contribution is -0.141. The molecule has 1 atom stereocenters. The summed E-state index contributed by atoms with van der Waals surface area (Å²) in [4.78, 5) is 22.4. The van der Waals surface area contributed by atoms with Gasteiger partial charge in [-0.15, -0.1) is 0 Å². The molecule has 9 heteroatoms. The average Bonchev–Trinajstić information content (AvgIpc) is 2.76. The summed E-state index contributed by atoms with van der Waals surface area (Å²) >= 11 is 0. The van der Waals surface area contributed by atoms with Crippen molar-refractivity contribution in [1.82, 2.24) is 16.0 Å². The number of benzene rings is 1. The number of phenols is 1. The van der Waals surface area contributed by atoms with Crippen LogP contribution in [0.15, 0.2) is 24.3 Å². The molecule has 0 saturated heterocycles. The molecule has 1 rings (SSSR count). The molecule has 1 amide bonds. The molecule has 0 aliphatic heterocycles. The first-order chi connectivity index (χ1) is 15.4. The van der Waals surface area contributed by atoms with Crippen LogP contribution < -0.4 is 27.4 Å². The Labute approximate surface area is 192 Å². The first-order valence-electron chi connectivity index (χ1n) is 11.6. The highest BCUT2D eigenvalue weighted by Crippen LogP contribution is 2.11. The van der Waals surface area contributed by atoms with Gasteiger partial charge in [-0.1, -0.05) is 19.1 Å². The van der Waals surface area contributed by atoms with E-state index in [4.69, 9.17) is 21.7 Å². The van der Waals surface area contributed by atoms with Gasteiger partial charge < -0.3 is 37.6 Å². The van der Waals surface area contributed by atoms with Crippen LogP contribution in [0.3, 0.4) is 0 Å². The molecule has 9 nitrogen and oxygen atoms in total. The lowest BCUT2D eigenvalue weighted by atomic mass is 10.1. The van der Waals surface area contributed by atoms with Gasteiger partial charge in [0.05, 0.1) is 0 Å². The number of aromatic hydroxyl groups is 1. The molecule has 32 heavy (non-hydrogen) atoms. The maximum atomic E-state index is 11.4. The topological polar surface area (TPSA) is 163 Å². The molecule has 1 unspecified atom stereocenters. The molecule has 1 aromatic carbocycles. The van der Waals surface area contributed by atoms with E-state index in [1.165, 1.54) is 25.0 Å². The smallest absolute Gasteiger partial charge is 0.326 e. The number of carbonyl (C=O) groups excluding carboxylic acids is 1. The van der Waals surface area contributed by atoms with Crippen LogP contribution in [0.1, 0.15) is 51.0 Å². The van der Waals surface area contributed by atoms with Gasteiger partial charge in [-0.3, -0.25) is 4.79 Å². The number of aliphatic carboxylic acids is 1.